The first kappa shape index (κ1) is 14.6. The Kier molecular flexibility index (Phi) is 4.43. The Morgan fingerprint density at radius 2 is 1.72 bits per heavy atom. The van der Waals surface area contributed by atoms with Crippen LogP contribution in [0.3, 0.4) is 0 Å². The summed E-state index contributed by atoms with van der Waals surface area (Å²) in [7, 11) is 1.38. The summed E-state index contributed by atoms with van der Waals surface area (Å²) in [5, 5.41) is 0. The number of nitrogens with zero attached hydrogens (tertiary/aromatic N) is 1. The molecule has 0 spiro atoms. The molecule has 1 aromatic rings. The Hall–Kier alpha value is -1.45. The molecule has 4 heteroatoms. The molecule has 18 heavy (non-hydrogen) atoms. The van der Waals surface area contributed by atoms with Gasteiger partial charge in [0.05, 0.1) is 0 Å². The second-order valence-electron chi connectivity index (χ2n) is 5.44. The van der Waals surface area contributed by atoms with Gasteiger partial charge in [-0.1, -0.05) is 45.0 Å². The van der Waals surface area contributed by atoms with Gasteiger partial charge in [0.2, 0.25) is 0 Å². The number of rotatable bonds is 3. The lowest BCUT2D eigenvalue weighted by Crippen LogP contribution is -2.31. The maximum atomic E-state index is 12.2. The number of benzene rings is 1. The summed E-state index contributed by atoms with van der Waals surface area (Å²) in [6.45, 7) is 6.52. The zero-order valence-electron chi connectivity index (χ0n) is 11.2. The molecule has 0 saturated carbocycles. The van der Waals surface area contributed by atoms with Crippen LogP contribution < -0.4 is 0 Å². The van der Waals surface area contributed by atoms with Gasteiger partial charge in [-0.05, 0) is 16.5 Å². The van der Waals surface area contributed by atoms with Gasteiger partial charge in [0.15, 0.2) is 0 Å². The van der Waals surface area contributed by atoms with Crippen LogP contribution in [0, 0.1) is 0 Å². The molecule has 0 aliphatic heterocycles. The van der Waals surface area contributed by atoms with E-state index in [0.717, 1.165) is 10.5 Å². The maximum absolute atomic E-state index is 12.2. The quantitative estimate of drug-likeness (QED) is 0.812. The van der Waals surface area contributed by atoms with Crippen molar-refractivity contribution < 1.29 is 13.6 Å². The summed E-state index contributed by atoms with van der Waals surface area (Å²) in [5.74, 6) is -1.14. The van der Waals surface area contributed by atoms with Gasteiger partial charge in [-0.3, -0.25) is 4.79 Å². The van der Waals surface area contributed by atoms with Crippen LogP contribution in [0.2, 0.25) is 0 Å². The minimum atomic E-state index is -2.94. The largest absolute Gasteiger partial charge is 0.336 e. The van der Waals surface area contributed by atoms with E-state index in [1.807, 2.05) is 24.3 Å². The van der Waals surface area contributed by atoms with Gasteiger partial charge in [0, 0.05) is 13.6 Å². The van der Waals surface area contributed by atoms with E-state index in [9.17, 15) is 13.6 Å². The Morgan fingerprint density at radius 1 is 1.22 bits per heavy atom. The maximum Gasteiger partial charge on any atom is 0.315 e. The first-order chi connectivity index (χ1) is 8.21. The van der Waals surface area contributed by atoms with Crippen molar-refractivity contribution in [3.8, 4) is 0 Å². The fourth-order valence-electron chi connectivity index (χ4n) is 1.63. The average molecular weight is 255 g/mol. The van der Waals surface area contributed by atoms with Crippen molar-refractivity contribution in [2.45, 2.75) is 39.2 Å². The van der Waals surface area contributed by atoms with Crippen molar-refractivity contribution in [1.82, 2.24) is 4.90 Å². The van der Waals surface area contributed by atoms with Gasteiger partial charge in [-0.15, -0.1) is 0 Å². The van der Waals surface area contributed by atoms with E-state index in [1.165, 1.54) is 12.6 Å². The number of hydrogen-bond donors (Lipinski definition) is 0. The van der Waals surface area contributed by atoms with Crippen LogP contribution in [0.1, 0.15) is 31.9 Å². The fraction of sp³-hybridized carbons (Fsp3) is 0.500. The molecule has 2 nitrogen and oxygen atoms in total. The highest BCUT2D eigenvalue weighted by molar-refractivity contribution is 5.79. The topological polar surface area (TPSA) is 20.3 Å². The standard InChI is InChI=1S/C14H19F2NO/c1-14(2,3)11-7-5-10(6-8-11)9-17(4)13(18)12(15)16/h5-8,12H,9H2,1-4H3. The molecule has 0 atom stereocenters. The summed E-state index contributed by atoms with van der Waals surface area (Å²) < 4.78 is 24.4. The normalized spacial score (nSPS) is 11.7. The van der Waals surface area contributed by atoms with Gasteiger partial charge in [-0.25, -0.2) is 0 Å². The zero-order valence-corrected chi connectivity index (χ0v) is 11.2. The molecule has 0 radical (unpaired) electrons. The number of carbonyl (C=O) groups excluding carboxylic acids is 1. The van der Waals surface area contributed by atoms with Gasteiger partial charge in [0.1, 0.15) is 0 Å². The van der Waals surface area contributed by atoms with E-state index >= 15 is 0 Å². The van der Waals surface area contributed by atoms with Crippen LogP contribution in [0.4, 0.5) is 8.78 Å². The second kappa shape index (κ2) is 5.46. The van der Waals surface area contributed by atoms with E-state index in [2.05, 4.69) is 20.8 Å². The molecule has 0 aromatic heterocycles. The highest BCUT2D eigenvalue weighted by Crippen LogP contribution is 2.22. The van der Waals surface area contributed by atoms with Crippen molar-refractivity contribution in [3.05, 3.63) is 35.4 Å². The first-order valence-corrected chi connectivity index (χ1v) is 5.84. The SMILES string of the molecule is CN(Cc1ccc(C(C)(C)C)cc1)C(=O)C(F)F. The van der Waals surface area contributed by atoms with E-state index in [-0.39, 0.29) is 12.0 Å². The van der Waals surface area contributed by atoms with Gasteiger partial charge < -0.3 is 4.90 Å². The van der Waals surface area contributed by atoms with Gasteiger partial charge in [-0.2, -0.15) is 8.78 Å². The number of alkyl halides is 2. The molecule has 0 aliphatic carbocycles. The molecule has 0 aliphatic rings. The third-order valence-corrected chi connectivity index (χ3v) is 2.80. The number of amides is 1. The Labute approximate surface area is 107 Å². The summed E-state index contributed by atoms with van der Waals surface area (Å²) in [6.07, 6.45) is -2.94. The fourth-order valence-corrected chi connectivity index (χ4v) is 1.63. The molecule has 0 heterocycles. The minimum absolute atomic E-state index is 0.0588. The van der Waals surface area contributed by atoms with Gasteiger partial charge >= 0.3 is 6.43 Å². The number of hydrogen-bond acceptors (Lipinski definition) is 1. The van der Waals surface area contributed by atoms with Crippen LogP contribution in [-0.4, -0.2) is 24.3 Å². The van der Waals surface area contributed by atoms with E-state index in [1.54, 1.807) is 0 Å². The van der Waals surface area contributed by atoms with Crippen LogP contribution in [0.25, 0.3) is 0 Å². The molecule has 0 unspecified atom stereocenters. The van der Waals surface area contributed by atoms with E-state index in [0.29, 0.717) is 0 Å². The van der Waals surface area contributed by atoms with Crippen LogP contribution >= 0.6 is 0 Å². The third-order valence-electron chi connectivity index (χ3n) is 2.80. The van der Waals surface area contributed by atoms with E-state index in [4.69, 9.17) is 0 Å². The molecule has 1 rings (SSSR count). The highest BCUT2D eigenvalue weighted by atomic mass is 19.3. The summed E-state index contributed by atoms with van der Waals surface area (Å²) in [6, 6.07) is 7.68. The van der Waals surface area contributed by atoms with Crippen LogP contribution in [0.5, 0.6) is 0 Å². The first-order valence-electron chi connectivity index (χ1n) is 5.84. The minimum Gasteiger partial charge on any atom is -0.336 e. The van der Waals surface area contributed by atoms with Crippen molar-refractivity contribution in [2.24, 2.45) is 0 Å². The average Bonchev–Trinajstić information content (AvgIpc) is 2.27. The molecule has 0 fully saturated rings. The monoisotopic (exact) mass is 255 g/mol. The van der Waals surface area contributed by atoms with Gasteiger partial charge in [0.25, 0.3) is 5.91 Å². The summed E-state index contributed by atoms with van der Waals surface area (Å²) >= 11 is 0. The Morgan fingerprint density at radius 3 is 2.11 bits per heavy atom. The molecule has 0 bridgehead atoms. The lowest BCUT2D eigenvalue weighted by molar-refractivity contribution is -0.141. The predicted molar refractivity (Wildman–Crippen MR) is 67.6 cm³/mol. The third kappa shape index (κ3) is 3.79. The van der Waals surface area contributed by atoms with Crippen LogP contribution in [0.15, 0.2) is 24.3 Å². The molecule has 100 valence electrons. The summed E-state index contributed by atoms with van der Waals surface area (Å²) in [4.78, 5) is 12.1. The lowest BCUT2D eigenvalue weighted by atomic mass is 9.87. The lowest BCUT2D eigenvalue weighted by Gasteiger charge is -2.20. The van der Waals surface area contributed by atoms with Crippen molar-refractivity contribution in [3.63, 3.8) is 0 Å². The summed E-state index contributed by atoms with van der Waals surface area (Å²) in [5.41, 5.74) is 2.08. The number of halogens is 2. The highest BCUT2D eigenvalue weighted by Gasteiger charge is 2.20. The van der Waals surface area contributed by atoms with Crippen molar-refractivity contribution in [1.29, 1.82) is 0 Å². The van der Waals surface area contributed by atoms with Crippen molar-refractivity contribution in [2.75, 3.05) is 7.05 Å². The molecular formula is C14H19F2NO. The second-order valence-corrected chi connectivity index (χ2v) is 5.44. The molecule has 0 N–H and O–H groups in total. The molecule has 1 amide bonds. The van der Waals surface area contributed by atoms with Crippen molar-refractivity contribution >= 4 is 5.91 Å². The zero-order chi connectivity index (χ0) is 13.9. The number of carbonyl (C=O) groups is 1. The molecular weight excluding hydrogens is 236 g/mol. The molecule has 1 aromatic carbocycles. The van der Waals surface area contributed by atoms with E-state index < -0.39 is 12.3 Å². The van der Waals surface area contributed by atoms with Crippen LogP contribution in [-0.2, 0) is 16.8 Å². The smallest absolute Gasteiger partial charge is 0.315 e. The predicted octanol–water partition coefficient (Wildman–Crippen LogP) is 3.21. The Balaban J connectivity index is 2.73. The Bertz CT molecular complexity index is 407. The molecule has 0 saturated heterocycles.